The van der Waals surface area contributed by atoms with E-state index in [0.29, 0.717) is 0 Å². The van der Waals surface area contributed by atoms with E-state index >= 15 is 0 Å². The maximum Gasteiger partial charge on any atom is 0.127 e. The van der Waals surface area contributed by atoms with Gasteiger partial charge in [-0.15, -0.1) is 0 Å². The number of rotatable bonds is 7. The molecule has 0 radical (unpaired) electrons. The monoisotopic (exact) mass is 382 g/mol. The third-order valence-corrected chi connectivity index (χ3v) is 5.80. The van der Waals surface area contributed by atoms with Crippen LogP contribution >= 0.6 is 43.6 Å². The van der Waals surface area contributed by atoms with Gasteiger partial charge in [0.15, 0.2) is 0 Å². The Hall–Kier alpha value is 0.460. The molecule has 0 aliphatic carbocycles. The van der Waals surface area contributed by atoms with E-state index in [-0.39, 0.29) is 11.2 Å². The van der Waals surface area contributed by atoms with Crippen molar-refractivity contribution in [3.8, 4) is 0 Å². The number of benzene rings is 1. The Morgan fingerprint density at radius 1 is 1.24 bits per heavy atom. The molecule has 0 aliphatic heterocycles. The van der Waals surface area contributed by atoms with Crippen LogP contribution in [0, 0.1) is 5.82 Å². The van der Waals surface area contributed by atoms with Gasteiger partial charge in [-0.25, -0.2) is 4.39 Å². The van der Waals surface area contributed by atoms with Crippen molar-refractivity contribution < 1.29 is 4.39 Å². The second kappa shape index (κ2) is 7.80. The van der Waals surface area contributed by atoms with E-state index in [0.717, 1.165) is 34.8 Å². The molecule has 0 bridgehead atoms. The summed E-state index contributed by atoms with van der Waals surface area (Å²) in [6.07, 6.45) is 4.20. The highest BCUT2D eigenvalue weighted by Gasteiger charge is 2.31. The minimum atomic E-state index is -0.138. The van der Waals surface area contributed by atoms with Gasteiger partial charge in [0, 0.05) is 16.1 Å². The summed E-state index contributed by atoms with van der Waals surface area (Å²) in [5.74, 6) is 1.02. The smallest absolute Gasteiger partial charge is 0.127 e. The first kappa shape index (κ1) is 15.5. The molecule has 96 valence electrons. The third-order valence-electron chi connectivity index (χ3n) is 2.96. The Kier molecular flexibility index (Phi) is 7.12. The van der Waals surface area contributed by atoms with Crippen molar-refractivity contribution in [1.29, 1.82) is 0 Å². The van der Waals surface area contributed by atoms with Crippen LogP contribution in [0.3, 0.4) is 0 Å². The number of hydrogen-bond acceptors (Lipinski definition) is 1. The van der Waals surface area contributed by atoms with Gasteiger partial charge in [-0.3, -0.25) is 0 Å². The first-order valence-electron chi connectivity index (χ1n) is 5.56. The molecule has 17 heavy (non-hydrogen) atoms. The lowest BCUT2D eigenvalue weighted by Gasteiger charge is -2.31. The van der Waals surface area contributed by atoms with Gasteiger partial charge in [-0.1, -0.05) is 50.1 Å². The van der Waals surface area contributed by atoms with Crippen molar-refractivity contribution in [2.75, 3.05) is 22.7 Å². The first-order valence-corrected chi connectivity index (χ1v) is 9.20. The number of alkyl halides is 2. The summed E-state index contributed by atoms with van der Waals surface area (Å²) in [4.78, 5) is 0. The molecular formula is C13H17Br2FS. The van der Waals surface area contributed by atoms with E-state index in [2.05, 4.69) is 38.1 Å². The van der Waals surface area contributed by atoms with Crippen LogP contribution in [0.5, 0.6) is 0 Å². The van der Waals surface area contributed by atoms with E-state index in [4.69, 9.17) is 0 Å². The van der Waals surface area contributed by atoms with Crippen LogP contribution in [0.25, 0.3) is 0 Å². The number of halogens is 3. The number of thioether (sulfide) groups is 1. The van der Waals surface area contributed by atoms with Gasteiger partial charge in [0.1, 0.15) is 5.82 Å². The van der Waals surface area contributed by atoms with Crippen molar-refractivity contribution in [3.63, 3.8) is 0 Å². The molecule has 0 aromatic heterocycles. The minimum absolute atomic E-state index is 0.101. The van der Waals surface area contributed by atoms with Crippen molar-refractivity contribution in [2.45, 2.75) is 18.3 Å². The zero-order chi connectivity index (χ0) is 12.7. The van der Waals surface area contributed by atoms with E-state index in [1.807, 2.05) is 23.9 Å². The van der Waals surface area contributed by atoms with Crippen LogP contribution in [-0.4, -0.2) is 22.7 Å². The Bertz CT molecular complexity index is 340. The Morgan fingerprint density at radius 2 is 1.88 bits per heavy atom. The summed E-state index contributed by atoms with van der Waals surface area (Å²) in [6, 6.07) is 7.10. The third kappa shape index (κ3) is 3.97. The van der Waals surface area contributed by atoms with Crippen molar-refractivity contribution in [2.24, 2.45) is 0 Å². The summed E-state index contributed by atoms with van der Waals surface area (Å²) in [6.45, 7) is 0. The van der Waals surface area contributed by atoms with Crippen LogP contribution in [0.1, 0.15) is 18.4 Å². The molecule has 1 aromatic carbocycles. The average Bonchev–Trinajstić information content (AvgIpc) is 2.36. The zero-order valence-corrected chi connectivity index (χ0v) is 13.9. The highest BCUT2D eigenvalue weighted by atomic mass is 79.9. The predicted molar refractivity (Wildman–Crippen MR) is 83.3 cm³/mol. The van der Waals surface area contributed by atoms with Gasteiger partial charge in [-0.05, 0) is 36.5 Å². The predicted octanol–water partition coefficient (Wildman–Crippen LogP) is 5.00. The fourth-order valence-corrected chi connectivity index (χ4v) is 4.42. The molecule has 1 aromatic rings. The highest BCUT2D eigenvalue weighted by molar-refractivity contribution is 9.09. The molecule has 0 spiro atoms. The van der Waals surface area contributed by atoms with Gasteiger partial charge in [0.25, 0.3) is 0 Å². The zero-order valence-electron chi connectivity index (χ0n) is 9.89. The lowest BCUT2D eigenvalue weighted by atomic mass is 9.80. The molecule has 4 heteroatoms. The van der Waals surface area contributed by atoms with Gasteiger partial charge in [0.2, 0.25) is 0 Å². The normalized spacial score (nSPS) is 11.8. The van der Waals surface area contributed by atoms with Gasteiger partial charge < -0.3 is 0 Å². The molecule has 0 heterocycles. The molecule has 0 saturated carbocycles. The topological polar surface area (TPSA) is 0 Å². The molecule has 0 unspecified atom stereocenters. The van der Waals surface area contributed by atoms with E-state index < -0.39 is 0 Å². The molecule has 0 N–H and O–H groups in total. The van der Waals surface area contributed by atoms with Crippen LogP contribution < -0.4 is 0 Å². The summed E-state index contributed by atoms with van der Waals surface area (Å²) in [5, 5.41) is 1.56. The van der Waals surface area contributed by atoms with Crippen LogP contribution in [0.4, 0.5) is 4.39 Å². The summed E-state index contributed by atoms with van der Waals surface area (Å²) >= 11 is 8.94. The lowest BCUT2D eigenvalue weighted by molar-refractivity contribution is 0.466. The van der Waals surface area contributed by atoms with E-state index in [9.17, 15) is 4.39 Å². The SMILES string of the molecule is CSCCCC(CBr)(CBr)c1ccccc1F. The largest absolute Gasteiger partial charge is 0.207 e. The molecule has 0 atom stereocenters. The first-order chi connectivity index (χ1) is 8.20. The van der Waals surface area contributed by atoms with Gasteiger partial charge in [-0.2, -0.15) is 11.8 Å². The standard InChI is InChI=1S/C13H17Br2FS/c1-17-8-4-7-13(9-14,10-15)11-5-2-3-6-12(11)16/h2-3,5-6H,4,7-10H2,1H3. The fourth-order valence-electron chi connectivity index (χ4n) is 1.89. The molecule has 1 rings (SSSR count). The van der Waals surface area contributed by atoms with Crippen molar-refractivity contribution in [1.82, 2.24) is 0 Å². The van der Waals surface area contributed by atoms with Gasteiger partial charge >= 0.3 is 0 Å². The maximum atomic E-state index is 13.9. The van der Waals surface area contributed by atoms with Crippen LogP contribution in [-0.2, 0) is 5.41 Å². The second-order valence-corrected chi connectivity index (χ2v) is 6.23. The van der Waals surface area contributed by atoms with Crippen LogP contribution in [0.15, 0.2) is 24.3 Å². The molecule has 0 aliphatic rings. The lowest BCUT2D eigenvalue weighted by Crippen LogP contribution is -2.31. The van der Waals surface area contributed by atoms with Gasteiger partial charge in [0.05, 0.1) is 0 Å². The highest BCUT2D eigenvalue weighted by Crippen LogP contribution is 2.35. The molecule has 0 saturated heterocycles. The Morgan fingerprint density at radius 3 is 2.41 bits per heavy atom. The van der Waals surface area contributed by atoms with E-state index in [1.54, 1.807) is 12.1 Å². The summed E-state index contributed by atoms with van der Waals surface area (Å²) < 4.78 is 13.9. The van der Waals surface area contributed by atoms with Crippen molar-refractivity contribution >= 4 is 43.6 Å². The Balaban J connectivity index is 2.94. The molecule has 0 amide bonds. The summed E-state index contributed by atoms with van der Waals surface area (Å²) in [5.41, 5.74) is 0.677. The molecular weight excluding hydrogens is 367 g/mol. The minimum Gasteiger partial charge on any atom is -0.207 e. The molecule has 0 nitrogen and oxygen atoms in total. The fraction of sp³-hybridized carbons (Fsp3) is 0.538. The second-order valence-electron chi connectivity index (χ2n) is 4.12. The quantitative estimate of drug-likeness (QED) is 0.471. The molecule has 0 fully saturated rings. The van der Waals surface area contributed by atoms with E-state index in [1.165, 1.54) is 0 Å². The number of hydrogen-bond donors (Lipinski definition) is 0. The van der Waals surface area contributed by atoms with Crippen molar-refractivity contribution in [3.05, 3.63) is 35.6 Å². The summed E-state index contributed by atoms with van der Waals surface area (Å²) in [7, 11) is 0. The average molecular weight is 384 g/mol. The Labute approximate surface area is 124 Å². The van der Waals surface area contributed by atoms with Crippen LogP contribution in [0.2, 0.25) is 0 Å². The maximum absolute atomic E-state index is 13.9.